The maximum atomic E-state index is 13.7. The van der Waals surface area contributed by atoms with Gasteiger partial charge in [0.05, 0.1) is 22.7 Å². The van der Waals surface area contributed by atoms with Crippen molar-refractivity contribution in [2.75, 3.05) is 25.3 Å². The molecule has 2 heterocycles. The molecule has 2 saturated carbocycles. The molecule has 2 N–H and O–H groups in total. The Morgan fingerprint density at radius 2 is 2.02 bits per heavy atom. The predicted octanol–water partition coefficient (Wildman–Crippen LogP) is 5.60. The Balaban J connectivity index is 1.36. The molecule has 0 radical (unpaired) electrons. The fraction of sp³-hybridized carbons (Fsp3) is 0.588. The minimum atomic E-state index is -2.44. The van der Waals surface area contributed by atoms with Gasteiger partial charge >= 0.3 is 6.03 Å². The summed E-state index contributed by atoms with van der Waals surface area (Å²) in [5, 5.41) is 5.73. The molecule has 3 aliphatic carbocycles. The Kier molecular flexibility index (Phi) is 11.2. The lowest BCUT2D eigenvalue weighted by atomic mass is 9.70. The molecule has 250 valence electrons. The largest absolute Gasteiger partial charge is 0.486 e. The van der Waals surface area contributed by atoms with Crippen LogP contribution in [0, 0.1) is 17.8 Å². The first-order chi connectivity index (χ1) is 22.3. The average Bonchev–Trinajstić information content (AvgIpc) is 3.84. The molecule has 3 unspecified atom stereocenters. The summed E-state index contributed by atoms with van der Waals surface area (Å²) in [6, 6.07) is 5.74. The molecule has 0 spiro atoms. The van der Waals surface area contributed by atoms with Crippen molar-refractivity contribution in [3.63, 3.8) is 0 Å². The number of allylic oxidation sites excluding steroid dienone is 3. The van der Waals surface area contributed by atoms with Crippen LogP contribution in [-0.2, 0) is 37.8 Å². The molecule has 5 aliphatic rings. The van der Waals surface area contributed by atoms with Crippen molar-refractivity contribution in [2.45, 2.75) is 82.0 Å². The van der Waals surface area contributed by atoms with E-state index in [9.17, 15) is 13.8 Å². The van der Waals surface area contributed by atoms with Crippen molar-refractivity contribution in [2.24, 2.45) is 22.1 Å². The van der Waals surface area contributed by atoms with Gasteiger partial charge in [0.2, 0.25) is 0 Å². The predicted molar refractivity (Wildman–Crippen MR) is 184 cm³/mol. The number of hydrogen-bond donors (Lipinski definition) is 3. The maximum absolute atomic E-state index is 13.7. The summed E-state index contributed by atoms with van der Waals surface area (Å²) in [5.74, 6) is 2.29. The number of carbonyl (C=O) groups excluding carboxylic acids is 2. The Hall–Kier alpha value is -2.31. The summed E-state index contributed by atoms with van der Waals surface area (Å²) in [5.41, 5.74) is 2.95. The second-order valence-corrected chi connectivity index (χ2v) is 16.0. The van der Waals surface area contributed by atoms with Crippen LogP contribution in [0.5, 0.6) is 0 Å². The number of rotatable bonds is 3. The third-order valence-corrected chi connectivity index (χ3v) is 12.4. The zero-order chi connectivity index (χ0) is 32.2. The van der Waals surface area contributed by atoms with Gasteiger partial charge in [0, 0.05) is 49.0 Å². The molecule has 0 saturated heterocycles. The number of nitrogens with zero attached hydrogens (tertiary/aromatic N) is 2. The van der Waals surface area contributed by atoms with E-state index in [1.54, 1.807) is 24.9 Å². The molecule has 7 atom stereocenters. The lowest BCUT2D eigenvalue weighted by Crippen LogP contribution is -2.48. The highest BCUT2D eigenvalue weighted by atomic mass is 35.5. The van der Waals surface area contributed by atoms with E-state index in [1.165, 1.54) is 11.1 Å². The maximum Gasteiger partial charge on any atom is 0.315 e. The van der Waals surface area contributed by atoms with Crippen LogP contribution in [0.4, 0.5) is 4.79 Å². The number of ether oxygens (including phenoxy) is 2. The molecule has 12 heteroatoms. The molecule has 3 amide bonds. The Labute approximate surface area is 283 Å². The summed E-state index contributed by atoms with van der Waals surface area (Å²) in [7, 11) is -0.676. The van der Waals surface area contributed by atoms with E-state index in [1.807, 2.05) is 19.1 Å². The molecule has 46 heavy (non-hydrogen) atoms. The standard InChI is InChI=1S/C34H45ClN4O5S2/c1-21-4-3-5-30(43-2)28-12-7-25(28)19-39-18-24-6-9-26(35)16-22(24)14-15-45-20-44-31-13-8-23(17-29(31)39)32(40)38-46(42)33(21)37-34(41)36-27-10-11-27/h3,5-6,8-9,13,16,21,25,27-30,33,46H,4,7,10-12,14-15,17-20H2,1-2H3,(H2,36,37,41)/b5-3+/t21-,25-,28+,29?,30-,33?/m0/s1. The lowest BCUT2D eigenvalue weighted by molar-refractivity contribution is -0.114. The first-order valence-electron chi connectivity index (χ1n) is 16.4. The number of nitrogens with one attached hydrogen (secondary N) is 2. The number of hydrogen-bond acceptors (Lipinski definition) is 7. The van der Waals surface area contributed by atoms with Crippen molar-refractivity contribution in [1.82, 2.24) is 15.5 Å². The van der Waals surface area contributed by atoms with Gasteiger partial charge in [0.25, 0.3) is 5.91 Å². The third-order valence-electron chi connectivity index (χ3n) is 9.90. The summed E-state index contributed by atoms with van der Waals surface area (Å²) >= 11 is 8.18. The van der Waals surface area contributed by atoms with Gasteiger partial charge in [-0.1, -0.05) is 36.7 Å². The number of fused-ring (bicyclic) bond motifs is 3. The average molecular weight is 689 g/mol. The van der Waals surface area contributed by atoms with Crippen LogP contribution in [0.15, 0.2) is 58.2 Å². The summed E-state index contributed by atoms with van der Waals surface area (Å²) < 4.78 is 30.3. The number of amides is 3. The molecule has 2 bridgehead atoms. The molecule has 2 aliphatic heterocycles. The third kappa shape index (κ3) is 8.21. The molecule has 9 nitrogen and oxygen atoms in total. The highest BCUT2D eigenvalue weighted by molar-refractivity contribution is 7.99. The second-order valence-electron chi connectivity index (χ2n) is 13.1. The van der Waals surface area contributed by atoms with Crippen molar-refractivity contribution in [3.05, 3.63) is 70.0 Å². The summed E-state index contributed by atoms with van der Waals surface area (Å²) in [6.45, 7) is 3.45. The van der Waals surface area contributed by atoms with E-state index in [4.69, 9.17) is 21.1 Å². The monoisotopic (exact) mass is 688 g/mol. The van der Waals surface area contributed by atoms with Crippen LogP contribution in [0.2, 0.25) is 5.02 Å². The molecule has 1 aromatic carbocycles. The molecule has 1 aromatic rings. The van der Waals surface area contributed by atoms with Crippen LogP contribution >= 0.6 is 23.4 Å². The van der Waals surface area contributed by atoms with Gasteiger partial charge in [-0.3, -0.25) is 13.9 Å². The van der Waals surface area contributed by atoms with Crippen molar-refractivity contribution < 1.29 is 23.3 Å². The fourth-order valence-corrected chi connectivity index (χ4v) is 8.98. The molecule has 0 aromatic heterocycles. The van der Waals surface area contributed by atoms with Crippen molar-refractivity contribution in [3.8, 4) is 0 Å². The first-order valence-corrected chi connectivity index (χ1v) is 19.2. The number of thiol groups is 1. The van der Waals surface area contributed by atoms with Crippen LogP contribution in [0.1, 0.15) is 56.6 Å². The quantitative estimate of drug-likeness (QED) is 0.280. The van der Waals surface area contributed by atoms with Gasteiger partial charge < -0.3 is 20.1 Å². The van der Waals surface area contributed by atoms with Gasteiger partial charge in [-0.15, -0.1) is 11.8 Å². The first kappa shape index (κ1) is 33.6. The molecule has 2 fully saturated rings. The van der Waals surface area contributed by atoms with Crippen molar-refractivity contribution >= 4 is 45.9 Å². The van der Waals surface area contributed by atoms with Crippen molar-refractivity contribution in [1.29, 1.82) is 0 Å². The van der Waals surface area contributed by atoms with Gasteiger partial charge in [-0.05, 0) is 91.7 Å². The number of halogens is 1. The van der Waals surface area contributed by atoms with E-state index < -0.39 is 21.9 Å². The Bertz CT molecular complexity index is 1490. The number of aryl methyl sites for hydroxylation is 1. The van der Waals surface area contributed by atoms with E-state index in [0.717, 1.165) is 55.2 Å². The second kappa shape index (κ2) is 15.3. The SMILES string of the molecule is CO[C@H]1/C=C/C[C@H](C)C(NC(=O)NC2CC2)/[SH](=O)=N\C(=O)C2=CC=C3OCSCCc4cc(Cl)ccc4CN(C[C@@H]4CC[C@H]41)C3C2. The van der Waals surface area contributed by atoms with Crippen LogP contribution in [0.3, 0.4) is 0 Å². The minimum absolute atomic E-state index is 0.0528. The minimum Gasteiger partial charge on any atom is -0.486 e. The lowest BCUT2D eigenvalue weighted by Gasteiger charge is -2.45. The number of urea groups is 1. The molecule has 6 rings (SSSR count). The highest BCUT2D eigenvalue weighted by Gasteiger charge is 2.40. The number of carbonyl (C=O) groups is 2. The van der Waals surface area contributed by atoms with E-state index in [2.05, 4.69) is 44.2 Å². The normalized spacial score (nSPS) is 33.5. The summed E-state index contributed by atoms with van der Waals surface area (Å²) in [4.78, 5) is 28.9. The Morgan fingerprint density at radius 1 is 1.17 bits per heavy atom. The number of methoxy groups -OCH3 is 1. The van der Waals surface area contributed by atoms with Gasteiger partial charge in [-0.2, -0.15) is 4.36 Å². The van der Waals surface area contributed by atoms with E-state index in [0.29, 0.717) is 42.7 Å². The van der Waals surface area contributed by atoms with Crippen LogP contribution in [0.25, 0.3) is 0 Å². The zero-order valence-corrected chi connectivity index (χ0v) is 29.0. The number of benzene rings is 1. The van der Waals surface area contributed by atoms with E-state index in [-0.39, 0.29) is 30.1 Å². The topological polar surface area (TPSA) is 109 Å². The number of thioether (sulfide) groups is 1. The van der Waals surface area contributed by atoms with Gasteiger partial charge in [0.15, 0.2) is 0 Å². The molecular weight excluding hydrogens is 644 g/mol. The van der Waals surface area contributed by atoms with Crippen LogP contribution < -0.4 is 10.6 Å². The smallest absolute Gasteiger partial charge is 0.315 e. The fourth-order valence-electron chi connectivity index (χ4n) is 6.86. The van der Waals surface area contributed by atoms with Crippen LogP contribution in [-0.4, -0.2) is 70.0 Å². The summed E-state index contributed by atoms with van der Waals surface area (Å²) in [6.07, 6.45) is 13.7. The Morgan fingerprint density at radius 3 is 2.78 bits per heavy atom. The van der Waals surface area contributed by atoms with Gasteiger partial charge in [0.1, 0.15) is 17.1 Å². The highest BCUT2D eigenvalue weighted by Crippen LogP contribution is 2.41. The zero-order valence-electron chi connectivity index (χ0n) is 26.5. The van der Waals surface area contributed by atoms with E-state index >= 15 is 0 Å². The van der Waals surface area contributed by atoms with Gasteiger partial charge in [-0.25, -0.2) is 4.79 Å². The molecular formula is C34H45ClN4O5S2.